The maximum absolute atomic E-state index is 12.4. The molecule has 0 bridgehead atoms. The number of fused-ring (bicyclic) bond motifs is 1. The van der Waals surface area contributed by atoms with Crippen molar-refractivity contribution in [2.45, 2.75) is 32.2 Å². The molecule has 6 heteroatoms. The number of hydrogen-bond donors (Lipinski definition) is 1. The lowest BCUT2D eigenvalue weighted by atomic mass is 10.1. The fraction of sp³-hybridized carbons (Fsp3) is 0.500. The molecule has 1 aromatic heterocycles. The zero-order valence-corrected chi connectivity index (χ0v) is 16.4. The van der Waals surface area contributed by atoms with Gasteiger partial charge in [0.2, 0.25) is 0 Å². The Morgan fingerprint density at radius 2 is 2.00 bits per heavy atom. The molecule has 1 amide bonds. The van der Waals surface area contributed by atoms with Gasteiger partial charge in [-0.05, 0) is 61.6 Å². The van der Waals surface area contributed by atoms with E-state index in [1.54, 1.807) is 0 Å². The minimum absolute atomic E-state index is 0.00143. The molecule has 1 fully saturated rings. The summed E-state index contributed by atoms with van der Waals surface area (Å²) in [7, 11) is 0. The second-order valence-electron chi connectivity index (χ2n) is 7.49. The first kappa shape index (κ1) is 19.0. The Balaban J connectivity index is 1.32. The summed E-state index contributed by atoms with van der Waals surface area (Å²) in [6.45, 7) is 5.49. The molecule has 0 spiro atoms. The molecule has 1 aromatic carbocycles. The highest BCUT2D eigenvalue weighted by atomic mass is 16.5. The summed E-state index contributed by atoms with van der Waals surface area (Å²) < 4.78 is 17.0. The van der Waals surface area contributed by atoms with Crippen LogP contribution in [0.3, 0.4) is 0 Å². The third-order valence-corrected chi connectivity index (χ3v) is 5.51. The van der Waals surface area contributed by atoms with Crippen molar-refractivity contribution >= 4 is 5.91 Å². The van der Waals surface area contributed by atoms with E-state index in [1.807, 2.05) is 25.1 Å². The first-order valence-corrected chi connectivity index (χ1v) is 10.1. The van der Waals surface area contributed by atoms with Crippen LogP contribution in [-0.4, -0.2) is 50.3 Å². The van der Waals surface area contributed by atoms with Gasteiger partial charge in [-0.15, -0.1) is 0 Å². The lowest BCUT2D eigenvalue weighted by Gasteiger charge is -2.33. The van der Waals surface area contributed by atoms with Crippen LogP contribution in [0.2, 0.25) is 0 Å². The molecule has 28 heavy (non-hydrogen) atoms. The van der Waals surface area contributed by atoms with Crippen LogP contribution in [0.5, 0.6) is 5.75 Å². The number of carbonyl (C=O) groups is 1. The second kappa shape index (κ2) is 8.80. The van der Waals surface area contributed by atoms with Gasteiger partial charge in [-0.3, -0.25) is 9.69 Å². The number of carbonyl (C=O) groups excluding carboxylic acids is 1. The Hall–Kier alpha value is -2.31. The van der Waals surface area contributed by atoms with Crippen LogP contribution in [0.4, 0.5) is 0 Å². The van der Waals surface area contributed by atoms with E-state index in [4.69, 9.17) is 13.9 Å². The van der Waals surface area contributed by atoms with Crippen LogP contribution in [-0.2, 0) is 22.4 Å². The predicted octanol–water partition coefficient (Wildman–Crippen LogP) is 2.65. The number of nitrogens with zero attached hydrogens (tertiary/aromatic N) is 1. The predicted molar refractivity (Wildman–Crippen MR) is 106 cm³/mol. The van der Waals surface area contributed by atoms with E-state index in [0.717, 1.165) is 43.2 Å². The topological polar surface area (TPSA) is 63.9 Å². The summed E-state index contributed by atoms with van der Waals surface area (Å²) in [6, 6.07) is 10.1. The van der Waals surface area contributed by atoms with Gasteiger partial charge < -0.3 is 19.2 Å². The van der Waals surface area contributed by atoms with Gasteiger partial charge in [0.05, 0.1) is 19.3 Å². The quantitative estimate of drug-likeness (QED) is 0.795. The number of hydrogen-bond acceptors (Lipinski definition) is 5. The first-order valence-electron chi connectivity index (χ1n) is 10.1. The van der Waals surface area contributed by atoms with Gasteiger partial charge in [-0.1, -0.05) is 6.07 Å². The minimum atomic E-state index is -0.123. The molecule has 1 atom stereocenters. The molecular weight excluding hydrogens is 356 g/mol. The number of rotatable bonds is 7. The zero-order valence-electron chi connectivity index (χ0n) is 16.4. The van der Waals surface area contributed by atoms with Crippen molar-refractivity contribution in [1.82, 2.24) is 10.2 Å². The number of aryl methyl sites for hydroxylation is 3. The van der Waals surface area contributed by atoms with Crippen LogP contribution in [0, 0.1) is 6.92 Å². The molecule has 0 radical (unpaired) electrons. The zero-order chi connectivity index (χ0) is 19.3. The van der Waals surface area contributed by atoms with Crippen molar-refractivity contribution in [2.75, 3.05) is 39.5 Å². The van der Waals surface area contributed by atoms with Crippen molar-refractivity contribution in [3.8, 4) is 5.75 Å². The molecule has 0 saturated carbocycles. The normalized spacial score (nSPS) is 17.9. The number of morpholine rings is 1. The fourth-order valence-corrected chi connectivity index (χ4v) is 3.98. The monoisotopic (exact) mass is 384 g/mol. The first-order chi connectivity index (χ1) is 13.7. The second-order valence-corrected chi connectivity index (χ2v) is 7.49. The van der Waals surface area contributed by atoms with Gasteiger partial charge in [0, 0.05) is 19.6 Å². The number of ether oxygens (including phenoxy) is 2. The smallest absolute Gasteiger partial charge is 0.258 e. The SMILES string of the molecule is Cc1ccc(C(CNC(=O)COc2ccc3c(c2)CCC3)N2CCOCC2)o1. The van der Waals surface area contributed by atoms with Crippen LogP contribution in [0.25, 0.3) is 0 Å². The van der Waals surface area contributed by atoms with Crippen LogP contribution in [0.1, 0.15) is 35.1 Å². The Morgan fingerprint density at radius 1 is 1.18 bits per heavy atom. The highest BCUT2D eigenvalue weighted by Crippen LogP contribution is 2.26. The van der Waals surface area contributed by atoms with Gasteiger partial charge in [-0.25, -0.2) is 0 Å². The molecule has 2 aliphatic rings. The summed E-state index contributed by atoms with van der Waals surface area (Å²) in [5, 5.41) is 3.00. The average molecular weight is 384 g/mol. The molecule has 1 saturated heterocycles. The van der Waals surface area contributed by atoms with E-state index in [-0.39, 0.29) is 18.6 Å². The number of benzene rings is 1. The Kier molecular flexibility index (Phi) is 5.98. The van der Waals surface area contributed by atoms with Crippen molar-refractivity contribution in [3.63, 3.8) is 0 Å². The van der Waals surface area contributed by atoms with Gasteiger partial charge in [0.25, 0.3) is 5.91 Å². The van der Waals surface area contributed by atoms with E-state index in [2.05, 4.69) is 22.3 Å². The Labute approximate surface area is 165 Å². The van der Waals surface area contributed by atoms with Crippen molar-refractivity contribution in [1.29, 1.82) is 0 Å². The summed E-state index contributed by atoms with van der Waals surface area (Å²) in [6.07, 6.45) is 3.45. The van der Waals surface area contributed by atoms with Crippen molar-refractivity contribution < 1.29 is 18.7 Å². The molecule has 6 nitrogen and oxygen atoms in total. The molecule has 2 aromatic rings. The third-order valence-electron chi connectivity index (χ3n) is 5.51. The molecule has 4 rings (SSSR count). The largest absolute Gasteiger partial charge is 0.484 e. The summed E-state index contributed by atoms with van der Waals surface area (Å²) in [5.74, 6) is 2.39. The molecular formula is C22H28N2O4. The van der Waals surface area contributed by atoms with Gasteiger partial charge in [-0.2, -0.15) is 0 Å². The molecule has 150 valence electrons. The van der Waals surface area contributed by atoms with E-state index < -0.39 is 0 Å². The third kappa shape index (κ3) is 4.56. The van der Waals surface area contributed by atoms with Crippen molar-refractivity contribution in [3.05, 3.63) is 53.0 Å². The lowest BCUT2D eigenvalue weighted by Crippen LogP contribution is -2.44. The highest BCUT2D eigenvalue weighted by Gasteiger charge is 2.25. The van der Waals surface area contributed by atoms with Gasteiger partial charge in [0.1, 0.15) is 17.3 Å². The number of furan rings is 1. The van der Waals surface area contributed by atoms with Gasteiger partial charge >= 0.3 is 0 Å². The molecule has 1 unspecified atom stereocenters. The van der Waals surface area contributed by atoms with Crippen molar-refractivity contribution in [2.24, 2.45) is 0 Å². The Bertz CT molecular complexity index is 811. The summed E-state index contributed by atoms with van der Waals surface area (Å²) in [4.78, 5) is 14.7. The minimum Gasteiger partial charge on any atom is -0.484 e. The molecule has 2 heterocycles. The van der Waals surface area contributed by atoms with E-state index in [9.17, 15) is 4.79 Å². The highest BCUT2D eigenvalue weighted by molar-refractivity contribution is 5.77. The maximum atomic E-state index is 12.4. The molecule has 1 aliphatic carbocycles. The lowest BCUT2D eigenvalue weighted by molar-refractivity contribution is -0.123. The maximum Gasteiger partial charge on any atom is 0.258 e. The molecule has 1 aliphatic heterocycles. The van der Waals surface area contributed by atoms with Crippen LogP contribution in [0.15, 0.2) is 34.7 Å². The number of amides is 1. The number of nitrogens with one attached hydrogen (secondary N) is 1. The van der Waals surface area contributed by atoms with Gasteiger partial charge in [0.15, 0.2) is 6.61 Å². The Morgan fingerprint density at radius 3 is 2.79 bits per heavy atom. The van der Waals surface area contributed by atoms with Crippen LogP contribution >= 0.6 is 0 Å². The average Bonchev–Trinajstić information content (AvgIpc) is 3.36. The van der Waals surface area contributed by atoms with Crippen LogP contribution < -0.4 is 10.1 Å². The summed E-state index contributed by atoms with van der Waals surface area (Å²) >= 11 is 0. The van der Waals surface area contributed by atoms with E-state index in [0.29, 0.717) is 19.8 Å². The fourth-order valence-electron chi connectivity index (χ4n) is 3.98. The summed E-state index contributed by atoms with van der Waals surface area (Å²) in [5.41, 5.74) is 2.75. The standard InChI is InChI=1S/C22H28N2O4/c1-16-5-8-21(28-16)20(24-9-11-26-12-10-24)14-23-22(25)15-27-19-7-6-17-3-2-4-18(17)13-19/h5-8,13,20H,2-4,9-12,14-15H2,1H3,(H,23,25). The van der Waals surface area contributed by atoms with E-state index >= 15 is 0 Å². The molecule has 1 N–H and O–H groups in total. The van der Waals surface area contributed by atoms with E-state index in [1.165, 1.54) is 17.5 Å².